The predicted octanol–water partition coefficient (Wildman–Crippen LogP) is 4.37. The lowest BCUT2D eigenvalue weighted by Gasteiger charge is -2.40. The van der Waals surface area contributed by atoms with E-state index in [1.165, 1.54) is 10.8 Å². The van der Waals surface area contributed by atoms with Crippen LogP contribution in [0.5, 0.6) is 0 Å². The first-order valence-corrected chi connectivity index (χ1v) is 11.7. The molecule has 23 heavy (non-hydrogen) atoms. The van der Waals surface area contributed by atoms with Crippen molar-refractivity contribution in [1.29, 1.82) is 0 Å². The van der Waals surface area contributed by atoms with E-state index in [1.807, 2.05) is 0 Å². The summed E-state index contributed by atoms with van der Waals surface area (Å²) in [6.07, 6.45) is 0.671. The van der Waals surface area contributed by atoms with Gasteiger partial charge in [0.25, 0.3) is 0 Å². The molecule has 0 radical (unpaired) electrons. The Kier molecular flexibility index (Phi) is 5.12. The van der Waals surface area contributed by atoms with Crippen LogP contribution in [0.2, 0.25) is 18.1 Å². The van der Waals surface area contributed by atoms with Crippen molar-refractivity contribution < 1.29 is 4.79 Å². The summed E-state index contributed by atoms with van der Waals surface area (Å²) < 4.78 is 0. The van der Waals surface area contributed by atoms with Gasteiger partial charge in [-0.3, -0.25) is 4.79 Å². The number of halogens is 1. The highest BCUT2D eigenvalue weighted by molar-refractivity contribution is 6.92. The molecule has 1 saturated heterocycles. The number of β-lactam (4-membered cyclic amide) rings is 1. The van der Waals surface area contributed by atoms with Gasteiger partial charge >= 0.3 is 0 Å². The average molecular weight is 350 g/mol. The van der Waals surface area contributed by atoms with Gasteiger partial charge in [0.15, 0.2) is 0 Å². The number of nitrogens with one attached hydrogen (secondary N) is 1. The Labute approximate surface area is 146 Å². The fourth-order valence-electron chi connectivity index (χ4n) is 2.86. The number of hydrogen-bond acceptors (Lipinski definition) is 1. The van der Waals surface area contributed by atoms with Crippen molar-refractivity contribution in [2.75, 3.05) is 5.88 Å². The summed E-state index contributed by atoms with van der Waals surface area (Å²) in [7, 11) is -1.58. The van der Waals surface area contributed by atoms with Crippen LogP contribution in [0, 0.1) is 5.92 Å². The Hall–Kier alpha value is -1.06. The maximum atomic E-state index is 11.9. The smallest absolute Gasteiger partial charge is 0.226 e. The van der Waals surface area contributed by atoms with Gasteiger partial charge in [-0.25, -0.2) is 0 Å². The highest BCUT2D eigenvalue weighted by Gasteiger charge is 2.41. The molecule has 0 spiro atoms. The van der Waals surface area contributed by atoms with E-state index in [1.54, 1.807) is 0 Å². The molecule has 0 saturated carbocycles. The molecule has 1 aliphatic rings. The molecule has 1 amide bonds. The molecule has 1 aromatic rings. The van der Waals surface area contributed by atoms with E-state index in [0.29, 0.717) is 17.3 Å². The molecule has 0 aliphatic carbocycles. The molecule has 1 N–H and O–H groups in total. The van der Waals surface area contributed by atoms with Gasteiger partial charge in [-0.2, -0.15) is 0 Å². The van der Waals surface area contributed by atoms with Gasteiger partial charge in [0.2, 0.25) is 5.91 Å². The number of allylic oxidation sites excluding steroid dienone is 1. The van der Waals surface area contributed by atoms with Crippen LogP contribution in [0.25, 0.3) is 0 Å². The molecule has 2 rings (SSSR count). The first-order chi connectivity index (χ1) is 10.6. The van der Waals surface area contributed by atoms with Gasteiger partial charge in [-0.15, -0.1) is 11.6 Å². The zero-order chi connectivity index (χ0) is 17.4. The van der Waals surface area contributed by atoms with Gasteiger partial charge < -0.3 is 5.32 Å². The monoisotopic (exact) mass is 349 g/mol. The fourth-order valence-corrected chi connectivity index (χ4v) is 4.88. The minimum Gasteiger partial charge on any atom is -0.348 e. The van der Waals surface area contributed by atoms with Crippen LogP contribution < -0.4 is 10.5 Å². The van der Waals surface area contributed by atoms with Gasteiger partial charge in [0, 0.05) is 5.88 Å². The summed E-state index contributed by atoms with van der Waals surface area (Å²) in [5.74, 6) is 0.496. The molecule has 0 aromatic heterocycles. The Morgan fingerprint density at radius 3 is 2.52 bits per heavy atom. The molecular formula is C19H28ClNOSi. The number of hydrogen-bond donors (Lipinski definition) is 1. The summed E-state index contributed by atoms with van der Waals surface area (Å²) in [5, 5.41) is 4.78. The number of amides is 1. The summed E-state index contributed by atoms with van der Waals surface area (Å²) in [6, 6.07) is 8.89. The Bertz CT molecular complexity index is 618. The van der Waals surface area contributed by atoms with E-state index >= 15 is 0 Å². The third kappa shape index (κ3) is 3.56. The van der Waals surface area contributed by atoms with Crippen molar-refractivity contribution in [3.8, 4) is 0 Å². The Balaban J connectivity index is 2.27. The second-order valence-electron chi connectivity index (χ2n) is 8.18. The lowest BCUT2D eigenvalue weighted by Crippen LogP contribution is -2.53. The maximum absolute atomic E-state index is 11.9. The molecule has 1 fully saturated rings. The van der Waals surface area contributed by atoms with Crippen LogP contribution in [-0.2, 0) is 4.79 Å². The molecule has 2 nitrogen and oxygen atoms in total. The lowest BCUT2D eigenvalue weighted by molar-refractivity contribution is -0.135. The predicted molar refractivity (Wildman–Crippen MR) is 102 cm³/mol. The fraction of sp³-hybridized carbons (Fsp3) is 0.526. The zero-order valence-corrected chi connectivity index (χ0v) is 16.6. The van der Waals surface area contributed by atoms with Gasteiger partial charge in [-0.1, -0.05) is 75.5 Å². The van der Waals surface area contributed by atoms with Gasteiger partial charge in [0.1, 0.15) is 0 Å². The third-order valence-corrected chi connectivity index (χ3v) is 11.5. The summed E-state index contributed by atoms with van der Waals surface area (Å²) in [5.41, 5.74) is 2.14. The van der Waals surface area contributed by atoms with Crippen LogP contribution in [-0.4, -0.2) is 19.9 Å². The molecule has 1 aliphatic heterocycles. The number of carbonyl (C=O) groups excluding carboxylic acids is 1. The highest BCUT2D eigenvalue weighted by Crippen LogP contribution is 2.38. The quantitative estimate of drug-likeness (QED) is 0.363. The average Bonchev–Trinajstić information content (AvgIpc) is 2.48. The maximum Gasteiger partial charge on any atom is 0.226 e. The van der Waals surface area contributed by atoms with Crippen LogP contribution in [0.4, 0.5) is 0 Å². The molecule has 0 unspecified atom stereocenters. The standard InChI is InChI=1S/C19H28ClNOSi/c1-13(12-20)10-16-17(21-18(16)22)14-8-7-9-15(11-14)23(5,6)19(2,3)4/h7-9,11,16-17H,1,10,12H2,2-6H3,(H,21,22)/t16-,17-/m0/s1. The summed E-state index contributed by atoms with van der Waals surface area (Å²) in [4.78, 5) is 11.9. The second kappa shape index (κ2) is 6.44. The topological polar surface area (TPSA) is 29.1 Å². The number of benzene rings is 1. The van der Waals surface area contributed by atoms with Crippen molar-refractivity contribution in [3.63, 3.8) is 0 Å². The minimum atomic E-state index is -1.58. The highest BCUT2D eigenvalue weighted by atomic mass is 35.5. The molecule has 1 aromatic carbocycles. The number of rotatable bonds is 5. The van der Waals surface area contributed by atoms with Crippen LogP contribution in [0.3, 0.4) is 0 Å². The second-order valence-corrected chi connectivity index (χ2v) is 13.8. The molecule has 1 heterocycles. The number of alkyl halides is 1. The van der Waals surface area contributed by atoms with Crippen molar-refractivity contribution in [2.45, 2.75) is 51.4 Å². The van der Waals surface area contributed by atoms with E-state index in [0.717, 1.165) is 5.57 Å². The van der Waals surface area contributed by atoms with E-state index in [9.17, 15) is 4.79 Å². The minimum absolute atomic E-state index is 0.0316. The zero-order valence-electron chi connectivity index (χ0n) is 14.9. The summed E-state index contributed by atoms with van der Waals surface area (Å²) >= 11 is 5.83. The Morgan fingerprint density at radius 2 is 2.00 bits per heavy atom. The molecule has 4 heteroatoms. The van der Waals surface area contributed by atoms with Crippen LogP contribution >= 0.6 is 11.6 Å². The first-order valence-electron chi connectivity index (χ1n) is 8.21. The summed E-state index contributed by atoms with van der Waals surface area (Å²) in [6.45, 7) is 15.7. The van der Waals surface area contributed by atoms with E-state index < -0.39 is 8.07 Å². The molecule has 0 bridgehead atoms. The van der Waals surface area contributed by atoms with Crippen LogP contribution in [0.1, 0.15) is 38.8 Å². The van der Waals surface area contributed by atoms with E-state index in [2.05, 4.69) is 70.0 Å². The lowest BCUT2D eigenvalue weighted by atomic mass is 9.81. The van der Waals surface area contributed by atoms with E-state index in [4.69, 9.17) is 11.6 Å². The Morgan fingerprint density at radius 1 is 1.35 bits per heavy atom. The van der Waals surface area contributed by atoms with Gasteiger partial charge in [0.05, 0.1) is 20.0 Å². The normalized spacial score (nSPS) is 21.6. The molecule has 126 valence electrons. The van der Waals surface area contributed by atoms with Crippen molar-refractivity contribution in [1.82, 2.24) is 5.32 Å². The third-order valence-electron chi connectivity index (χ3n) is 5.58. The first kappa shape index (κ1) is 18.3. The molecular weight excluding hydrogens is 322 g/mol. The molecule has 2 atom stereocenters. The SMILES string of the molecule is C=C(CCl)C[C@@H]1C(=O)N[C@H]1c1cccc([Si](C)(C)C(C)(C)C)c1. The van der Waals surface area contributed by atoms with Crippen LogP contribution in [0.15, 0.2) is 36.4 Å². The van der Waals surface area contributed by atoms with Crippen molar-refractivity contribution in [3.05, 3.63) is 42.0 Å². The van der Waals surface area contributed by atoms with Crippen molar-refractivity contribution in [2.24, 2.45) is 5.92 Å². The van der Waals surface area contributed by atoms with Gasteiger partial charge in [-0.05, 0) is 17.0 Å². The number of carbonyl (C=O) groups is 1. The largest absolute Gasteiger partial charge is 0.348 e. The van der Waals surface area contributed by atoms with E-state index in [-0.39, 0.29) is 17.9 Å². The van der Waals surface area contributed by atoms with Crippen molar-refractivity contribution >= 4 is 30.8 Å².